The predicted molar refractivity (Wildman–Crippen MR) is 88.2 cm³/mol. The smallest absolute Gasteiger partial charge is 0.261 e. The molecule has 1 aliphatic rings. The maximum absolute atomic E-state index is 12.2. The lowest BCUT2D eigenvalue weighted by atomic mass is 10.1. The lowest BCUT2D eigenvalue weighted by molar-refractivity contribution is -0.117. The summed E-state index contributed by atoms with van der Waals surface area (Å²) in [7, 11) is 0. The molecule has 3 N–H and O–H groups in total. The first-order chi connectivity index (χ1) is 10.4. The zero-order valence-corrected chi connectivity index (χ0v) is 14.1. The Balaban J connectivity index is 1.89. The highest BCUT2D eigenvalue weighted by atomic mass is 32.1. The number of aliphatic hydroxyl groups excluding tert-OH is 1. The molecule has 0 aromatic carbocycles. The van der Waals surface area contributed by atoms with E-state index in [1.54, 1.807) is 0 Å². The molecular formula is C16H24N2O3S. The zero-order valence-electron chi connectivity index (χ0n) is 13.3. The Morgan fingerprint density at radius 2 is 2.09 bits per heavy atom. The lowest BCUT2D eigenvalue weighted by Gasteiger charge is -2.13. The summed E-state index contributed by atoms with van der Waals surface area (Å²) in [5, 5.41) is 16.1. The van der Waals surface area contributed by atoms with Gasteiger partial charge in [0.05, 0.1) is 16.0 Å². The van der Waals surface area contributed by atoms with Gasteiger partial charge in [0.25, 0.3) is 5.91 Å². The molecule has 1 aromatic rings. The Labute approximate surface area is 135 Å². The first-order valence-electron chi connectivity index (χ1n) is 7.74. The van der Waals surface area contributed by atoms with Crippen molar-refractivity contribution in [2.75, 3.05) is 11.9 Å². The molecule has 1 atom stereocenters. The average Bonchev–Trinajstić information content (AvgIpc) is 3.20. The number of aliphatic hydroxyl groups is 1. The minimum atomic E-state index is -0.529. The van der Waals surface area contributed by atoms with E-state index >= 15 is 0 Å². The van der Waals surface area contributed by atoms with E-state index in [1.165, 1.54) is 11.3 Å². The molecule has 1 aromatic heterocycles. The number of thiophene rings is 1. The van der Waals surface area contributed by atoms with E-state index in [0.29, 0.717) is 22.2 Å². The summed E-state index contributed by atoms with van der Waals surface area (Å²) >= 11 is 1.28. The first-order valence-corrected chi connectivity index (χ1v) is 8.56. The molecule has 1 unspecified atom stereocenters. The third kappa shape index (κ3) is 4.81. The van der Waals surface area contributed by atoms with Gasteiger partial charge in [0, 0.05) is 12.5 Å². The van der Waals surface area contributed by atoms with Gasteiger partial charge < -0.3 is 15.7 Å². The summed E-state index contributed by atoms with van der Waals surface area (Å²) in [6.45, 7) is 6.16. The number of amides is 2. The van der Waals surface area contributed by atoms with E-state index in [0.717, 1.165) is 18.4 Å². The molecule has 0 bridgehead atoms. The minimum Gasteiger partial charge on any atom is -0.391 e. The van der Waals surface area contributed by atoms with Gasteiger partial charge in [0.2, 0.25) is 5.91 Å². The van der Waals surface area contributed by atoms with Crippen LogP contribution in [0.5, 0.6) is 0 Å². The molecule has 5 nitrogen and oxygen atoms in total. The van der Waals surface area contributed by atoms with Gasteiger partial charge in [-0.3, -0.25) is 9.59 Å². The van der Waals surface area contributed by atoms with Gasteiger partial charge in [0.1, 0.15) is 0 Å². The highest BCUT2D eigenvalue weighted by molar-refractivity contribution is 7.18. The maximum Gasteiger partial charge on any atom is 0.261 e. The van der Waals surface area contributed by atoms with Crippen LogP contribution in [0.2, 0.25) is 0 Å². The molecule has 1 saturated carbocycles. The second-order valence-corrected chi connectivity index (χ2v) is 7.43. The fraction of sp³-hybridized carbons (Fsp3) is 0.625. The molecule has 0 radical (unpaired) electrons. The van der Waals surface area contributed by atoms with Gasteiger partial charge in [0.15, 0.2) is 0 Å². The second kappa shape index (κ2) is 7.24. The zero-order chi connectivity index (χ0) is 16.3. The number of hydrogen-bond donors (Lipinski definition) is 3. The van der Waals surface area contributed by atoms with Gasteiger partial charge in [-0.05, 0) is 43.7 Å². The number of anilines is 1. The van der Waals surface area contributed by atoms with E-state index in [9.17, 15) is 14.7 Å². The Hall–Kier alpha value is -1.40. The number of carbonyl (C=O) groups excluding carboxylic acids is 2. The van der Waals surface area contributed by atoms with E-state index < -0.39 is 6.10 Å². The fourth-order valence-electron chi connectivity index (χ4n) is 2.26. The van der Waals surface area contributed by atoms with E-state index in [2.05, 4.69) is 10.6 Å². The van der Waals surface area contributed by atoms with Gasteiger partial charge >= 0.3 is 0 Å². The highest BCUT2D eigenvalue weighted by Crippen LogP contribution is 2.32. The van der Waals surface area contributed by atoms with Crippen molar-refractivity contribution >= 4 is 28.2 Å². The molecule has 1 heterocycles. The molecule has 122 valence electrons. The minimum absolute atomic E-state index is 0.0422. The molecule has 2 rings (SSSR count). The van der Waals surface area contributed by atoms with Crippen LogP contribution in [0.25, 0.3) is 0 Å². The monoisotopic (exact) mass is 324 g/mol. The van der Waals surface area contributed by atoms with Crippen molar-refractivity contribution in [2.45, 2.75) is 46.1 Å². The number of carbonyl (C=O) groups is 2. The van der Waals surface area contributed by atoms with Gasteiger partial charge in [-0.1, -0.05) is 13.8 Å². The van der Waals surface area contributed by atoms with Gasteiger partial charge in [-0.25, -0.2) is 0 Å². The standard InChI is InChI=1S/C16H24N2O3S/c1-9(2)6-12(19)8-17-16(21)14-10(3)7-13(22-14)18-15(20)11-4-5-11/h7,9,11-12,19H,4-6,8H2,1-3H3,(H,17,21)(H,18,20). The van der Waals surface area contributed by atoms with Crippen LogP contribution in [-0.4, -0.2) is 29.6 Å². The van der Waals surface area contributed by atoms with E-state index in [-0.39, 0.29) is 24.3 Å². The Morgan fingerprint density at radius 3 is 2.68 bits per heavy atom. The van der Waals surface area contributed by atoms with Gasteiger partial charge in [-0.2, -0.15) is 0 Å². The topological polar surface area (TPSA) is 78.4 Å². The highest BCUT2D eigenvalue weighted by Gasteiger charge is 2.30. The quantitative estimate of drug-likeness (QED) is 0.721. The van der Waals surface area contributed by atoms with Crippen LogP contribution in [-0.2, 0) is 4.79 Å². The summed E-state index contributed by atoms with van der Waals surface area (Å²) in [4.78, 5) is 24.5. The molecule has 0 aliphatic heterocycles. The summed E-state index contributed by atoms with van der Waals surface area (Å²) in [5.74, 6) is 0.378. The first kappa shape index (κ1) is 17.0. The Morgan fingerprint density at radius 1 is 1.41 bits per heavy atom. The lowest BCUT2D eigenvalue weighted by Crippen LogP contribution is -2.32. The van der Waals surface area contributed by atoms with Crippen LogP contribution >= 0.6 is 11.3 Å². The number of rotatable bonds is 7. The van der Waals surface area contributed by atoms with Gasteiger partial charge in [-0.15, -0.1) is 11.3 Å². The fourth-order valence-corrected chi connectivity index (χ4v) is 3.25. The third-order valence-corrected chi connectivity index (χ3v) is 4.71. The van der Waals surface area contributed by atoms with Crippen LogP contribution in [0.1, 0.15) is 48.3 Å². The maximum atomic E-state index is 12.2. The molecule has 2 amide bonds. The van der Waals surface area contributed by atoms with E-state index in [4.69, 9.17) is 0 Å². The van der Waals surface area contributed by atoms with Crippen molar-refractivity contribution in [2.24, 2.45) is 11.8 Å². The molecule has 0 saturated heterocycles. The predicted octanol–water partition coefficient (Wildman–Crippen LogP) is 2.54. The summed E-state index contributed by atoms with van der Waals surface area (Å²) in [5.41, 5.74) is 0.840. The Kier molecular flexibility index (Phi) is 5.58. The summed E-state index contributed by atoms with van der Waals surface area (Å²) < 4.78 is 0. The van der Waals surface area contributed by atoms with Crippen molar-refractivity contribution in [3.8, 4) is 0 Å². The van der Waals surface area contributed by atoms with Crippen LogP contribution in [0, 0.1) is 18.8 Å². The average molecular weight is 324 g/mol. The normalized spacial score (nSPS) is 15.7. The van der Waals surface area contributed by atoms with Crippen molar-refractivity contribution < 1.29 is 14.7 Å². The summed E-state index contributed by atoms with van der Waals surface area (Å²) in [6.07, 6.45) is 2.04. The van der Waals surface area contributed by atoms with Crippen LogP contribution in [0.15, 0.2) is 6.07 Å². The molecular weight excluding hydrogens is 300 g/mol. The SMILES string of the molecule is Cc1cc(NC(=O)C2CC2)sc1C(=O)NCC(O)CC(C)C. The largest absolute Gasteiger partial charge is 0.391 e. The molecule has 1 aliphatic carbocycles. The van der Waals surface area contributed by atoms with Crippen molar-refractivity contribution in [1.29, 1.82) is 0 Å². The van der Waals surface area contributed by atoms with Crippen LogP contribution in [0.3, 0.4) is 0 Å². The summed E-state index contributed by atoms with van der Waals surface area (Å²) in [6, 6.07) is 1.82. The molecule has 1 fully saturated rings. The number of hydrogen-bond acceptors (Lipinski definition) is 4. The molecule has 0 spiro atoms. The number of aryl methyl sites for hydroxylation is 1. The molecule has 22 heavy (non-hydrogen) atoms. The second-order valence-electron chi connectivity index (χ2n) is 6.38. The van der Waals surface area contributed by atoms with Crippen molar-refractivity contribution in [1.82, 2.24) is 5.32 Å². The van der Waals surface area contributed by atoms with Crippen LogP contribution < -0.4 is 10.6 Å². The van der Waals surface area contributed by atoms with E-state index in [1.807, 2.05) is 26.8 Å². The van der Waals surface area contributed by atoms with Crippen LogP contribution in [0.4, 0.5) is 5.00 Å². The third-order valence-electron chi connectivity index (χ3n) is 3.56. The van der Waals surface area contributed by atoms with Crippen molar-refractivity contribution in [3.63, 3.8) is 0 Å². The van der Waals surface area contributed by atoms with Crippen molar-refractivity contribution in [3.05, 3.63) is 16.5 Å². The molecule has 6 heteroatoms. The number of nitrogens with one attached hydrogen (secondary N) is 2. The Bertz CT molecular complexity index is 550.